The highest BCUT2D eigenvalue weighted by atomic mass is 32.2. The summed E-state index contributed by atoms with van der Waals surface area (Å²) in [5.74, 6) is -0.807. The van der Waals surface area contributed by atoms with Gasteiger partial charge in [0.05, 0.1) is 0 Å². The van der Waals surface area contributed by atoms with Crippen molar-refractivity contribution in [1.29, 1.82) is 0 Å². The Hall–Kier alpha value is -2.51. The molecule has 1 heterocycles. The predicted octanol–water partition coefficient (Wildman–Crippen LogP) is 4.14. The van der Waals surface area contributed by atoms with Crippen LogP contribution < -0.4 is 5.32 Å². The van der Waals surface area contributed by atoms with E-state index in [1.54, 1.807) is 23.6 Å². The molecule has 27 heavy (non-hydrogen) atoms. The molecule has 1 atom stereocenters. The molecule has 0 saturated heterocycles. The fourth-order valence-electron chi connectivity index (χ4n) is 2.64. The van der Waals surface area contributed by atoms with E-state index in [9.17, 15) is 17.6 Å². The lowest BCUT2D eigenvalue weighted by molar-refractivity contribution is 0.0953. The Kier molecular flexibility index (Phi) is 5.72. The van der Waals surface area contributed by atoms with Gasteiger partial charge in [0.15, 0.2) is 9.84 Å². The number of benzene rings is 2. The zero-order valence-corrected chi connectivity index (χ0v) is 16.2. The minimum absolute atomic E-state index is 0.113. The average Bonchev–Trinajstić information content (AvgIpc) is 3.19. The lowest BCUT2D eigenvalue weighted by Gasteiger charge is -2.18. The highest BCUT2D eigenvalue weighted by Gasteiger charge is 2.30. The maximum Gasteiger partial charge on any atom is 0.251 e. The molecule has 4 nitrogen and oxygen atoms in total. The van der Waals surface area contributed by atoms with Crippen molar-refractivity contribution in [2.24, 2.45) is 0 Å². The molecule has 3 aromatic rings. The number of sulfone groups is 1. The number of halogens is 1. The summed E-state index contributed by atoms with van der Waals surface area (Å²) >= 11 is 1.11. The average molecular weight is 404 g/mol. The van der Waals surface area contributed by atoms with Crippen molar-refractivity contribution >= 4 is 27.1 Å². The molecule has 140 valence electrons. The second-order valence-corrected chi connectivity index (χ2v) is 9.40. The summed E-state index contributed by atoms with van der Waals surface area (Å²) in [4.78, 5) is 12.4. The molecule has 1 amide bonds. The Morgan fingerprint density at radius 1 is 1.07 bits per heavy atom. The summed E-state index contributed by atoms with van der Waals surface area (Å²) in [7, 11) is -3.73. The predicted molar refractivity (Wildman–Crippen MR) is 104 cm³/mol. The Balaban J connectivity index is 1.87. The summed E-state index contributed by atoms with van der Waals surface area (Å²) in [6, 6.07) is 15.5. The molecule has 0 fully saturated rings. The van der Waals surface area contributed by atoms with Gasteiger partial charge < -0.3 is 5.32 Å². The van der Waals surface area contributed by atoms with E-state index in [2.05, 4.69) is 5.32 Å². The molecule has 0 unspecified atom stereocenters. The minimum atomic E-state index is -3.73. The van der Waals surface area contributed by atoms with E-state index in [4.69, 9.17) is 0 Å². The fraction of sp³-hybridized carbons (Fsp3) is 0.150. The monoisotopic (exact) mass is 403 g/mol. The molecule has 0 saturated carbocycles. The molecule has 0 aliphatic carbocycles. The number of hydrogen-bond donors (Lipinski definition) is 1. The van der Waals surface area contributed by atoms with Crippen LogP contribution in [0.2, 0.25) is 0 Å². The zero-order chi connectivity index (χ0) is 19.4. The van der Waals surface area contributed by atoms with E-state index < -0.39 is 20.9 Å². The van der Waals surface area contributed by atoms with Gasteiger partial charge in [0, 0.05) is 12.1 Å². The molecule has 2 aromatic carbocycles. The van der Waals surface area contributed by atoms with Gasteiger partial charge in [-0.1, -0.05) is 35.9 Å². The number of rotatable bonds is 6. The van der Waals surface area contributed by atoms with Crippen molar-refractivity contribution in [1.82, 2.24) is 5.32 Å². The van der Waals surface area contributed by atoms with Crippen molar-refractivity contribution in [3.8, 4) is 0 Å². The van der Waals surface area contributed by atoms with Crippen LogP contribution in [0.25, 0.3) is 0 Å². The second-order valence-electron chi connectivity index (χ2n) is 6.09. The van der Waals surface area contributed by atoms with Gasteiger partial charge in [-0.2, -0.15) is 0 Å². The maximum absolute atomic E-state index is 13.3. The van der Waals surface area contributed by atoms with Crippen molar-refractivity contribution < 1.29 is 17.6 Å². The van der Waals surface area contributed by atoms with Crippen LogP contribution in [-0.4, -0.2) is 20.9 Å². The molecular weight excluding hydrogens is 385 g/mol. The summed E-state index contributed by atoms with van der Waals surface area (Å²) in [5.41, 5.74) is 1.90. The lowest BCUT2D eigenvalue weighted by atomic mass is 10.1. The summed E-state index contributed by atoms with van der Waals surface area (Å²) < 4.78 is 39.6. The van der Waals surface area contributed by atoms with Crippen LogP contribution in [0, 0.1) is 12.7 Å². The molecule has 1 aromatic heterocycles. The van der Waals surface area contributed by atoms with E-state index >= 15 is 0 Å². The molecule has 0 bridgehead atoms. The summed E-state index contributed by atoms with van der Waals surface area (Å²) in [6.45, 7) is 1.80. The Labute approximate surface area is 161 Å². The normalized spacial score (nSPS) is 12.5. The van der Waals surface area contributed by atoms with Crippen LogP contribution in [0.15, 0.2) is 70.3 Å². The highest BCUT2D eigenvalue weighted by molar-refractivity contribution is 7.93. The van der Waals surface area contributed by atoms with Gasteiger partial charge in [-0.15, -0.1) is 11.3 Å². The number of amides is 1. The van der Waals surface area contributed by atoms with Gasteiger partial charge in [-0.3, -0.25) is 4.79 Å². The Morgan fingerprint density at radius 2 is 1.74 bits per heavy atom. The number of nitrogens with one attached hydrogen (secondary N) is 1. The third kappa shape index (κ3) is 4.43. The standard InChI is InChI=1S/C20H18FNO3S2/c1-14-4-6-16(7-5-14)20(23)22-13-18(15-8-10-17(21)11-9-15)27(24,25)19-3-2-12-26-19/h2-12,18H,13H2,1H3,(H,22,23)/t18-/m0/s1. The van der Waals surface area contributed by atoms with Crippen molar-refractivity contribution in [3.63, 3.8) is 0 Å². The van der Waals surface area contributed by atoms with Gasteiger partial charge in [0.1, 0.15) is 15.3 Å². The Morgan fingerprint density at radius 3 is 2.33 bits per heavy atom. The van der Waals surface area contributed by atoms with Crippen LogP contribution in [-0.2, 0) is 9.84 Å². The molecule has 7 heteroatoms. The fourth-order valence-corrected chi connectivity index (χ4v) is 5.51. The molecule has 0 spiro atoms. The molecule has 3 rings (SSSR count). The first-order chi connectivity index (χ1) is 12.9. The number of carbonyl (C=O) groups is 1. The van der Waals surface area contributed by atoms with E-state index in [1.807, 2.05) is 19.1 Å². The van der Waals surface area contributed by atoms with Crippen LogP contribution in [0.5, 0.6) is 0 Å². The zero-order valence-electron chi connectivity index (χ0n) is 14.6. The molecule has 0 radical (unpaired) electrons. The minimum Gasteiger partial charge on any atom is -0.350 e. The van der Waals surface area contributed by atoms with Crippen LogP contribution in [0.3, 0.4) is 0 Å². The summed E-state index contributed by atoms with van der Waals surface area (Å²) in [5, 5.41) is 3.36. The number of carbonyl (C=O) groups excluding carboxylic acids is 1. The first kappa shape index (κ1) is 19.3. The van der Waals surface area contributed by atoms with Crippen molar-refractivity contribution in [3.05, 3.63) is 88.6 Å². The lowest BCUT2D eigenvalue weighted by Crippen LogP contribution is -2.31. The smallest absolute Gasteiger partial charge is 0.251 e. The van der Waals surface area contributed by atoms with Gasteiger partial charge >= 0.3 is 0 Å². The van der Waals surface area contributed by atoms with Crippen LogP contribution in [0.4, 0.5) is 4.39 Å². The van der Waals surface area contributed by atoms with E-state index in [-0.39, 0.29) is 16.7 Å². The summed E-state index contributed by atoms with van der Waals surface area (Å²) in [6.07, 6.45) is 0. The van der Waals surface area contributed by atoms with Crippen molar-refractivity contribution in [2.45, 2.75) is 16.4 Å². The molecular formula is C20H18FNO3S2. The largest absolute Gasteiger partial charge is 0.350 e. The highest BCUT2D eigenvalue weighted by Crippen LogP contribution is 2.31. The first-order valence-electron chi connectivity index (χ1n) is 8.25. The number of aryl methyl sites for hydroxylation is 1. The van der Waals surface area contributed by atoms with E-state index in [1.165, 1.54) is 30.3 Å². The topological polar surface area (TPSA) is 63.2 Å². The SMILES string of the molecule is Cc1ccc(C(=O)NC[C@@H](c2ccc(F)cc2)S(=O)(=O)c2cccs2)cc1. The van der Waals surface area contributed by atoms with Crippen LogP contribution >= 0.6 is 11.3 Å². The third-order valence-corrected chi connectivity index (χ3v) is 7.69. The van der Waals surface area contributed by atoms with E-state index in [0.717, 1.165) is 16.9 Å². The molecule has 0 aliphatic rings. The third-order valence-electron chi connectivity index (χ3n) is 4.15. The Bertz CT molecular complexity index is 1010. The van der Waals surface area contributed by atoms with Gasteiger partial charge in [-0.05, 0) is 48.2 Å². The number of hydrogen-bond acceptors (Lipinski definition) is 4. The molecule has 1 N–H and O–H groups in total. The van der Waals surface area contributed by atoms with Gasteiger partial charge in [-0.25, -0.2) is 12.8 Å². The van der Waals surface area contributed by atoms with Gasteiger partial charge in [0.2, 0.25) is 0 Å². The maximum atomic E-state index is 13.3. The first-order valence-corrected chi connectivity index (χ1v) is 10.7. The van der Waals surface area contributed by atoms with Crippen LogP contribution in [0.1, 0.15) is 26.7 Å². The molecule has 0 aliphatic heterocycles. The van der Waals surface area contributed by atoms with Gasteiger partial charge in [0.25, 0.3) is 5.91 Å². The van der Waals surface area contributed by atoms with E-state index in [0.29, 0.717) is 11.1 Å². The quantitative estimate of drug-likeness (QED) is 0.673. The second kappa shape index (κ2) is 8.02. The van der Waals surface area contributed by atoms with Crippen molar-refractivity contribution in [2.75, 3.05) is 6.54 Å². The number of thiophene rings is 1.